The fraction of sp³-hybridized carbons (Fsp3) is 0.800. The van der Waals surface area contributed by atoms with E-state index in [1.165, 1.54) is 0 Å². The number of hydrogen-bond donors (Lipinski definition) is 4. The molecule has 6 nitrogen and oxygen atoms in total. The van der Waals surface area contributed by atoms with Crippen LogP contribution in [0.1, 0.15) is 19.3 Å². The number of carboxylic acid groups (broad SMARTS) is 1. The van der Waals surface area contributed by atoms with Gasteiger partial charge >= 0.3 is 5.97 Å². The fourth-order valence-corrected chi connectivity index (χ4v) is 1.91. The van der Waals surface area contributed by atoms with Crippen LogP contribution < -0.4 is 5.32 Å². The van der Waals surface area contributed by atoms with Gasteiger partial charge in [0.05, 0.1) is 25.2 Å². The van der Waals surface area contributed by atoms with Crippen LogP contribution in [-0.2, 0) is 9.59 Å². The van der Waals surface area contributed by atoms with Crippen LogP contribution in [0.15, 0.2) is 0 Å². The molecule has 2 atom stereocenters. The monoisotopic (exact) mass is 231 g/mol. The Hall–Kier alpha value is -1.14. The minimum Gasteiger partial charge on any atom is -0.481 e. The first kappa shape index (κ1) is 12.9. The van der Waals surface area contributed by atoms with Gasteiger partial charge in [-0.3, -0.25) is 9.59 Å². The second-order valence-corrected chi connectivity index (χ2v) is 4.12. The van der Waals surface area contributed by atoms with Crippen LogP contribution in [0.4, 0.5) is 0 Å². The Labute approximate surface area is 93.3 Å². The van der Waals surface area contributed by atoms with Crippen LogP contribution in [0.3, 0.4) is 0 Å². The average molecular weight is 231 g/mol. The Morgan fingerprint density at radius 3 is 2.19 bits per heavy atom. The Morgan fingerprint density at radius 2 is 1.75 bits per heavy atom. The maximum absolute atomic E-state index is 11.6. The van der Waals surface area contributed by atoms with Gasteiger partial charge in [0.2, 0.25) is 5.91 Å². The highest BCUT2D eigenvalue weighted by molar-refractivity contribution is 5.81. The summed E-state index contributed by atoms with van der Waals surface area (Å²) in [5.74, 6) is -1.91. The summed E-state index contributed by atoms with van der Waals surface area (Å²) in [6.07, 6.45) is 1.40. The standard InChI is InChI=1S/C10H17NO5/c12-4-8(5-13)11-9(14)6-1-2-7(3-6)10(15)16/h6-8,12-13H,1-5H2,(H,11,14)(H,15,16). The van der Waals surface area contributed by atoms with Gasteiger partial charge in [0.15, 0.2) is 0 Å². The Bertz CT molecular complexity index is 264. The van der Waals surface area contributed by atoms with E-state index in [0.29, 0.717) is 19.3 Å². The third-order valence-electron chi connectivity index (χ3n) is 2.94. The summed E-state index contributed by atoms with van der Waals surface area (Å²) in [5, 5.41) is 28.8. The maximum atomic E-state index is 11.6. The summed E-state index contributed by atoms with van der Waals surface area (Å²) in [4.78, 5) is 22.3. The molecule has 0 aromatic rings. The van der Waals surface area contributed by atoms with Crippen molar-refractivity contribution in [2.45, 2.75) is 25.3 Å². The van der Waals surface area contributed by atoms with E-state index in [0.717, 1.165) is 0 Å². The largest absolute Gasteiger partial charge is 0.481 e. The lowest BCUT2D eigenvalue weighted by Gasteiger charge is -2.16. The molecule has 1 rings (SSSR count). The zero-order valence-corrected chi connectivity index (χ0v) is 8.93. The molecule has 1 fully saturated rings. The predicted molar refractivity (Wildman–Crippen MR) is 54.6 cm³/mol. The van der Waals surface area contributed by atoms with Crippen LogP contribution in [0.25, 0.3) is 0 Å². The van der Waals surface area contributed by atoms with E-state index in [1.807, 2.05) is 0 Å². The molecule has 0 saturated heterocycles. The van der Waals surface area contributed by atoms with Crippen LogP contribution in [-0.4, -0.2) is 46.5 Å². The third kappa shape index (κ3) is 3.18. The molecule has 1 amide bonds. The van der Waals surface area contributed by atoms with E-state index in [4.69, 9.17) is 15.3 Å². The highest BCUT2D eigenvalue weighted by atomic mass is 16.4. The second-order valence-electron chi connectivity index (χ2n) is 4.12. The first-order chi connectivity index (χ1) is 7.58. The highest BCUT2D eigenvalue weighted by Crippen LogP contribution is 2.31. The van der Waals surface area contributed by atoms with Gasteiger partial charge < -0.3 is 20.6 Å². The highest BCUT2D eigenvalue weighted by Gasteiger charge is 2.34. The third-order valence-corrected chi connectivity index (χ3v) is 2.94. The van der Waals surface area contributed by atoms with Gasteiger partial charge in [0.25, 0.3) is 0 Å². The van der Waals surface area contributed by atoms with Gasteiger partial charge in [0, 0.05) is 5.92 Å². The molecule has 6 heteroatoms. The first-order valence-corrected chi connectivity index (χ1v) is 5.33. The van der Waals surface area contributed by atoms with Gasteiger partial charge in [0.1, 0.15) is 0 Å². The molecule has 0 radical (unpaired) electrons. The van der Waals surface area contributed by atoms with E-state index in [2.05, 4.69) is 5.32 Å². The molecule has 2 unspecified atom stereocenters. The average Bonchev–Trinajstić information content (AvgIpc) is 2.74. The molecule has 4 N–H and O–H groups in total. The lowest BCUT2D eigenvalue weighted by molar-refractivity contribution is -0.141. The molecule has 1 aliphatic rings. The molecule has 0 aromatic carbocycles. The molecule has 16 heavy (non-hydrogen) atoms. The minimum atomic E-state index is -0.865. The predicted octanol–water partition coefficient (Wildman–Crippen LogP) is -1.04. The number of aliphatic hydroxyl groups excluding tert-OH is 2. The number of nitrogens with one attached hydrogen (secondary N) is 1. The van der Waals surface area contributed by atoms with Gasteiger partial charge in [-0.2, -0.15) is 0 Å². The molecular formula is C10H17NO5. The Morgan fingerprint density at radius 1 is 1.19 bits per heavy atom. The van der Waals surface area contributed by atoms with E-state index >= 15 is 0 Å². The summed E-state index contributed by atoms with van der Waals surface area (Å²) < 4.78 is 0. The summed E-state index contributed by atoms with van der Waals surface area (Å²) in [7, 11) is 0. The number of hydrogen-bond acceptors (Lipinski definition) is 4. The Balaban J connectivity index is 2.41. The van der Waals surface area contributed by atoms with Gasteiger partial charge in [-0.15, -0.1) is 0 Å². The molecule has 1 saturated carbocycles. The summed E-state index contributed by atoms with van der Waals surface area (Å²) in [6.45, 7) is -0.644. The zero-order valence-electron chi connectivity index (χ0n) is 8.93. The van der Waals surface area contributed by atoms with Crippen LogP contribution in [0, 0.1) is 11.8 Å². The summed E-state index contributed by atoms with van der Waals surface area (Å²) in [5.41, 5.74) is 0. The quantitative estimate of drug-likeness (QED) is 0.483. The maximum Gasteiger partial charge on any atom is 0.306 e. The Kier molecular flexibility index (Phi) is 4.70. The zero-order chi connectivity index (χ0) is 12.1. The van der Waals surface area contributed by atoms with Gasteiger partial charge in [-0.1, -0.05) is 0 Å². The molecule has 1 aliphatic carbocycles. The van der Waals surface area contributed by atoms with Crippen LogP contribution in [0.2, 0.25) is 0 Å². The number of aliphatic hydroxyl groups is 2. The smallest absolute Gasteiger partial charge is 0.306 e. The second kappa shape index (κ2) is 5.81. The fourth-order valence-electron chi connectivity index (χ4n) is 1.91. The lowest BCUT2D eigenvalue weighted by atomic mass is 10.0. The number of carbonyl (C=O) groups excluding carboxylic acids is 1. The number of rotatable bonds is 5. The molecule has 92 valence electrons. The van der Waals surface area contributed by atoms with E-state index in [-0.39, 0.29) is 25.0 Å². The van der Waals surface area contributed by atoms with Gasteiger partial charge in [-0.25, -0.2) is 0 Å². The van der Waals surface area contributed by atoms with Crippen molar-refractivity contribution in [2.24, 2.45) is 11.8 Å². The SMILES string of the molecule is O=C(O)C1CCC(C(=O)NC(CO)CO)C1. The van der Waals surface area contributed by atoms with Crippen molar-refractivity contribution in [1.29, 1.82) is 0 Å². The molecule has 0 aromatic heterocycles. The van der Waals surface area contributed by atoms with Crippen molar-refractivity contribution >= 4 is 11.9 Å². The normalized spacial score (nSPS) is 24.7. The van der Waals surface area contributed by atoms with Crippen molar-refractivity contribution < 1.29 is 24.9 Å². The van der Waals surface area contributed by atoms with Crippen molar-refractivity contribution in [3.05, 3.63) is 0 Å². The van der Waals surface area contributed by atoms with E-state index < -0.39 is 17.9 Å². The summed E-state index contributed by atoms with van der Waals surface area (Å²) in [6, 6.07) is -0.656. The summed E-state index contributed by atoms with van der Waals surface area (Å²) >= 11 is 0. The minimum absolute atomic E-state index is 0.281. The van der Waals surface area contributed by atoms with Crippen molar-refractivity contribution in [1.82, 2.24) is 5.32 Å². The van der Waals surface area contributed by atoms with Gasteiger partial charge in [-0.05, 0) is 19.3 Å². The first-order valence-electron chi connectivity index (χ1n) is 5.33. The lowest BCUT2D eigenvalue weighted by Crippen LogP contribution is -2.42. The van der Waals surface area contributed by atoms with Crippen LogP contribution in [0.5, 0.6) is 0 Å². The number of aliphatic carboxylic acids is 1. The van der Waals surface area contributed by atoms with Crippen molar-refractivity contribution in [3.63, 3.8) is 0 Å². The molecule has 0 aliphatic heterocycles. The molecule has 0 bridgehead atoms. The van der Waals surface area contributed by atoms with Crippen molar-refractivity contribution in [3.8, 4) is 0 Å². The van der Waals surface area contributed by atoms with E-state index in [1.54, 1.807) is 0 Å². The number of amides is 1. The molecular weight excluding hydrogens is 214 g/mol. The van der Waals surface area contributed by atoms with E-state index in [9.17, 15) is 9.59 Å². The topological polar surface area (TPSA) is 107 Å². The van der Waals surface area contributed by atoms with Crippen molar-refractivity contribution in [2.75, 3.05) is 13.2 Å². The molecule has 0 heterocycles. The van der Waals surface area contributed by atoms with Crippen LogP contribution >= 0.6 is 0 Å². The number of carboxylic acids is 1. The molecule has 0 spiro atoms. The number of carbonyl (C=O) groups is 2.